The molecule has 1 heterocycles. The van der Waals surface area contributed by atoms with Crippen molar-refractivity contribution in [3.63, 3.8) is 0 Å². The van der Waals surface area contributed by atoms with E-state index in [1.165, 1.54) is 18.2 Å². The maximum absolute atomic E-state index is 13.3. The average Bonchev–Trinajstić information content (AvgIpc) is 2.47. The predicted molar refractivity (Wildman–Crippen MR) is 77.5 cm³/mol. The lowest BCUT2D eigenvalue weighted by atomic mass is 10.1. The second-order valence-electron chi connectivity index (χ2n) is 4.77. The lowest BCUT2D eigenvalue weighted by Crippen LogP contribution is -2.02. The summed E-state index contributed by atoms with van der Waals surface area (Å²) in [4.78, 5) is 12.5. The molecule has 0 N–H and O–H groups in total. The largest absolute Gasteiger partial charge is 0.456 e. The highest BCUT2D eigenvalue weighted by Crippen LogP contribution is 2.24. The molecule has 0 aliphatic carbocycles. The molecule has 0 unspecified atom stereocenters. The van der Waals surface area contributed by atoms with Gasteiger partial charge in [0.2, 0.25) is 5.43 Å². The van der Waals surface area contributed by atoms with E-state index < -0.39 is 5.82 Å². The molecular weight excluding hydrogens is 255 g/mol. The highest BCUT2D eigenvalue weighted by Gasteiger charge is 2.09. The van der Waals surface area contributed by atoms with E-state index in [2.05, 4.69) is 0 Å². The van der Waals surface area contributed by atoms with Crippen LogP contribution in [0.3, 0.4) is 0 Å². The Labute approximate surface area is 113 Å². The number of hydrogen-bond acceptors (Lipinski definition) is 2. The van der Waals surface area contributed by atoms with Crippen LogP contribution in [0.1, 0.15) is 0 Å². The minimum absolute atomic E-state index is 0.202. The van der Waals surface area contributed by atoms with E-state index in [4.69, 9.17) is 4.42 Å². The summed E-state index contributed by atoms with van der Waals surface area (Å²) in [5.41, 5.74) is 0.721. The smallest absolute Gasteiger partial charge is 0.200 e. The summed E-state index contributed by atoms with van der Waals surface area (Å²) >= 11 is 0. The summed E-state index contributed by atoms with van der Waals surface area (Å²) in [6.07, 6.45) is 0. The quantitative estimate of drug-likeness (QED) is 0.445. The van der Waals surface area contributed by atoms with Gasteiger partial charge in [0.25, 0.3) is 0 Å². The highest BCUT2D eigenvalue weighted by molar-refractivity contribution is 5.99. The third-order valence-corrected chi connectivity index (χ3v) is 3.50. The Morgan fingerprint density at radius 2 is 1.50 bits per heavy atom. The van der Waals surface area contributed by atoms with E-state index in [0.29, 0.717) is 16.6 Å². The molecule has 0 amide bonds. The summed E-state index contributed by atoms with van der Waals surface area (Å²) in [5.74, 6) is -0.440. The van der Waals surface area contributed by atoms with E-state index in [9.17, 15) is 9.18 Å². The van der Waals surface area contributed by atoms with E-state index in [-0.39, 0.29) is 10.8 Å². The zero-order valence-corrected chi connectivity index (χ0v) is 10.4. The van der Waals surface area contributed by atoms with Crippen molar-refractivity contribution < 1.29 is 8.81 Å². The first kappa shape index (κ1) is 11.2. The predicted octanol–water partition coefficient (Wildman–Crippen LogP) is 4.24. The standard InChI is InChI=1S/C17H9FO2/c18-12-5-6-15-14(9-12)17(19)13-7-10-3-1-2-4-11(10)8-16(13)20-15/h1-9H. The fourth-order valence-electron chi connectivity index (χ4n) is 2.51. The molecule has 20 heavy (non-hydrogen) atoms. The van der Waals surface area contributed by atoms with Crippen molar-refractivity contribution in [2.24, 2.45) is 0 Å². The van der Waals surface area contributed by atoms with Crippen molar-refractivity contribution in [2.45, 2.75) is 0 Å². The second kappa shape index (κ2) is 3.90. The Morgan fingerprint density at radius 3 is 2.30 bits per heavy atom. The van der Waals surface area contributed by atoms with Crippen LogP contribution in [0.2, 0.25) is 0 Å². The Balaban J connectivity index is 2.26. The fourth-order valence-corrected chi connectivity index (χ4v) is 2.51. The SMILES string of the molecule is O=c1c2cc(F)ccc2oc2cc3ccccc3cc12. The number of benzene rings is 3. The molecule has 3 aromatic carbocycles. The van der Waals surface area contributed by atoms with Gasteiger partial charge >= 0.3 is 0 Å². The molecule has 0 fully saturated rings. The molecule has 0 spiro atoms. The first-order valence-corrected chi connectivity index (χ1v) is 6.27. The summed E-state index contributed by atoms with van der Waals surface area (Å²) in [6.45, 7) is 0. The highest BCUT2D eigenvalue weighted by atomic mass is 19.1. The van der Waals surface area contributed by atoms with Gasteiger partial charge in [-0.25, -0.2) is 4.39 Å². The molecule has 4 aromatic rings. The van der Waals surface area contributed by atoms with Crippen LogP contribution in [0.4, 0.5) is 4.39 Å². The van der Waals surface area contributed by atoms with Crippen LogP contribution in [0.15, 0.2) is 63.8 Å². The van der Waals surface area contributed by atoms with E-state index >= 15 is 0 Å². The van der Waals surface area contributed by atoms with Gasteiger partial charge < -0.3 is 4.42 Å². The van der Waals surface area contributed by atoms with Crippen molar-refractivity contribution in [1.29, 1.82) is 0 Å². The van der Waals surface area contributed by atoms with Gasteiger partial charge in [0, 0.05) is 0 Å². The lowest BCUT2D eigenvalue weighted by molar-refractivity contribution is 0.623. The second-order valence-corrected chi connectivity index (χ2v) is 4.77. The van der Waals surface area contributed by atoms with Crippen LogP contribution in [0.5, 0.6) is 0 Å². The summed E-state index contributed by atoms with van der Waals surface area (Å²) in [6, 6.07) is 15.4. The topological polar surface area (TPSA) is 30.2 Å². The van der Waals surface area contributed by atoms with Crippen LogP contribution in [-0.4, -0.2) is 0 Å². The molecule has 2 nitrogen and oxygen atoms in total. The molecule has 0 aliphatic heterocycles. The monoisotopic (exact) mass is 264 g/mol. The Hall–Kier alpha value is -2.68. The van der Waals surface area contributed by atoms with Gasteiger partial charge in [-0.3, -0.25) is 4.79 Å². The maximum Gasteiger partial charge on any atom is 0.200 e. The summed E-state index contributed by atoms with van der Waals surface area (Å²) < 4.78 is 19.0. The Bertz CT molecular complexity index is 1030. The summed E-state index contributed by atoms with van der Waals surface area (Å²) in [5, 5.41) is 2.71. The number of fused-ring (bicyclic) bond motifs is 3. The van der Waals surface area contributed by atoms with Crippen LogP contribution in [0, 0.1) is 5.82 Å². The van der Waals surface area contributed by atoms with Crippen molar-refractivity contribution >= 4 is 32.7 Å². The molecule has 0 saturated carbocycles. The van der Waals surface area contributed by atoms with Crippen LogP contribution >= 0.6 is 0 Å². The van der Waals surface area contributed by atoms with Gasteiger partial charge in [-0.1, -0.05) is 24.3 Å². The molecule has 4 rings (SSSR count). The van der Waals surface area contributed by atoms with Gasteiger partial charge in [-0.15, -0.1) is 0 Å². The minimum atomic E-state index is -0.440. The lowest BCUT2D eigenvalue weighted by Gasteiger charge is -2.03. The van der Waals surface area contributed by atoms with E-state index in [0.717, 1.165) is 10.8 Å². The Kier molecular flexibility index (Phi) is 2.18. The van der Waals surface area contributed by atoms with Crippen molar-refractivity contribution in [3.8, 4) is 0 Å². The molecule has 0 saturated heterocycles. The van der Waals surface area contributed by atoms with Gasteiger partial charge in [0.1, 0.15) is 17.0 Å². The maximum atomic E-state index is 13.3. The zero-order chi connectivity index (χ0) is 13.7. The Morgan fingerprint density at radius 1 is 0.800 bits per heavy atom. The van der Waals surface area contributed by atoms with Gasteiger partial charge in [-0.05, 0) is 41.1 Å². The van der Waals surface area contributed by atoms with Gasteiger partial charge in [-0.2, -0.15) is 0 Å². The van der Waals surface area contributed by atoms with Crippen molar-refractivity contribution in [2.75, 3.05) is 0 Å². The molecule has 0 aliphatic rings. The minimum Gasteiger partial charge on any atom is -0.456 e. The average molecular weight is 264 g/mol. The molecule has 0 atom stereocenters. The molecule has 0 bridgehead atoms. The fraction of sp³-hybridized carbons (Fsp3) is 0. The number of hydrogen-bond donors (Lipinski definition) is 0. The van der Waals surface area contributed by atoms with Gasteiger partial charge in [0.05, 0.1) is 10.8 Å². The molecule has 3 heteroatoms. The van der Waals surface area contributed by atoms with Crippen LogP contribution < -0.4 is 5.43 Å². The van der Waals surface area contributed by atoms with E-state index in [1.807, 2.05) is 30.3 Å². The molecule has 1 aromatic heterocycles. The van der Waals surface area contributed by atoms with Crippen LogP contribution in [-0.2, 0) is 0 Å². The zero-order valence-electron chi connectivity index (χ0n) is 10.4. The number of halogens is 1. The third-order valence-electron chi connectivity index (χ3n) is 3.50. The van der Waals surface area contributed by atoms with E-state index in [1.54, 1.807) is 6.07 Å². The first-order valence-electron chi connectivity index (χ1n) is 6.27. The first-order chi connectivity index (χ1) is 9.72. The normalized spacial score (nSPS) is 11.4. The van der Waals surface area contributed by atoms with Crippen molar-refractivity contribution in [1.82, 2.24) is 0 Å². The molecule has 0 radical (unpaired) electrons. The van der Waals surface area contributed by atoms with Gasteiger partial charge in [0.15, 0.2) is 0 Å². The molecular formula is C17H9FO2. The van der Waals surface area contributed by atoms with Crippen molar-refractivity contribution in [3.05, 3.63) is 70.6 Å². The number of rotatable bonds is 0. The third kappa shape index (κ3) is 1.53. The molecule has 96 valence electrons. The van der Waals surface area contributed by atoms with Crippen LogP contribution in [0.25, 0.3) is 32.7 Å². The summed E-state index contributed by atoms with van der Waals surface area (Å²) in [7, 11) is 0.